The minimum absolute atomic E-state index is 0.0368. The highest BCUT2D eigenvalue weighted by molar-refractivity contribution is 7.93. The van der Waals surface area contributed by atoms with E-state index >= 15 is 0 Å². The molecule has 12 heteroatoms. The molecule has 136 valence electrons. The summed E-state index contributed by atoms with van der Waals surface area (Å²) in [4.78, 5) is 10.8. The number of carbonyl (C=O) groups is 1. The van der Waals surface area contributed by atoms with E-state index < -0.39 is 42.7 Å². The molecule has 0 spiro atoms. The fourth-order valence-corrected chi connectivity index (χ4v) is 4.94. The van der Waals surface area contributed by atoms with Crippen LogP contribution in [0.1, 0.15) is 15.2 Å². The Bertz CT molecular complexity index is 903. The summed E-state index contributed by atoms with van der Waals surface area (Å²) in [6.45, 7) is 0. The van der Waals surface area contributed by atoms with Crippen molar-refractivity contribution in [1.29, 1.82) is 0 Å². The number of methoxy groups -OCH3 is 1. The first-order valence-corrected chi connectivity index (χ1v) is 9.34. The monoisotopic (exact) mass is 433 g/mol. The maximum absolute atomic E-state index is 12.7. The van der Waals surface area contributed by atoms with E-state index in [0.717, 1.165) is 18.4 Å². The van der Waals surface area contributed by atoms with Crippen LogP contribution >= 0.6 is 34.5 Å². The average molecular weight is 434 g/mol. The van der Waals surface area contributed by atoms with E-state index in [1.807, 2.05) is 0 Å². The molecule has 0 saturated heterocycles. The number of benzene rings is 1. The van der Waals surface area contributed by atoms with Gasteiger partial charge in [0, 0.05) is 0 Å². The van der Waals surface area contributed by atoms with E-state index in [1.165, 1.54) is 11.4 Å². The highest BCUT2D eigenvalue weighted by Crippen LogP contribution is 2.38. The van der Waals surface area contributed by atoms with Gasteiger partial charge >= 0.3 is 12.1 Å². The molecule has 0 fully saturated rings. The molecule has 0 atom stereocenters. The Morgan fingerprint density at radius 1 is 1.24 bits per heavy atom. The van der Waals surface area contributed by atoms with Crippen LogP contribution in [-0.4, -0.2) is 21.5 Å². The summed E-state index contributed by atoms with van der Waals surface area (Å²) in [5, 5.41) is 0.0180. The van der Waals surface area contributed by atoms with Crippen molar-refractivity contribution >= 4 is 56.2 Å². The van der Waals surface area contributed by atoms with Gasteiger partial charge in [0.1, 0.15) is 9.77 Å². The van der Waals surface area contributed by atoms with E-state index in [-0.39, 0.29) is 10.6 Å². The third-order valence-corrected chi connectivity index (χ3v) is 6.06. The lowest BCUT2D eigenvalue weighted by atomic mass is 10.2. The Morgan fingerprint density at radius 3 is 2.28 bits per heavy atom. The number of alkyl halides is 3. The van der Waals surface area contributed by atoms with Crippen molar-refractivity contribution < 1.29 is 31.1 Å². The van der Waals surface area contributed by atoms with Crippen molar-refractivity contribution in [3.8, 4) is 0 Å². The lowest BCUT2D eigenvalue weighted by molar-refractivity contribution is -0.137. The molecule has 0 bridgehead atoms. The van der Waals surface area contributed by atoms with Crippen LogP contribution in [0.15, 0.2) is 28.5 Å². The van der Waals surface area contributed by atoms with Crippen LogP contribution in [0, 0.1) is 0 Å². The molecule has 2 rings (SSSR count). The Labute approximate surface area is 154 Å². The fraction of sp³-hybridized carbons (Fsp3) is 0.154. The molecule has 1 N–H and O–H groups in total. The van der Waals surface area contributed by atoms with Crippen molar-refractivity contribution in [1.82, 2.24) is 0 Å². The third kappa shape index (κ3) is 4.20. The van der Waals surface area contributed by atoms with Crippen LogP contribution in [-0.2, 0) is 20.9 Å². The van der Waals surface area contributed by atoms with Crippen LogP contribution in [0.5, 0.6) is 0 Å². The second kappa shape index (κ2) is 7.02. The fourth-order valence-electron chi connectivity index (χ4n) is 1.82. The predicted molar refractivity (Wildman–Crippen MR) is 87.9 cm³/mol. The third-order valence-electron chi connectivity index (χ3n) is 2.87. The minimum atomic E-state index is -4.74. The van der Waals surface area contributed by atoms with Gasteiger partial charge in [-0.05, 0) is 23.6 Å². The molecular formula is C13H8Cl2F3NO4S2. The lowest BCUT2D eigenvalue weighted by Crippen LogP contribution is -2.16. The molecule has 1 heterocycles. The number of thiophene rings is 1. The van der Waals surface area contributed by atoms with Crippen molar-refractivity contribution in [3.05, 3.63) is 44.1 Å². The normalized spacial score (nSPS) is 12.1. The van der Waals surface area contributed by atoms with Gasteiger partial charge in [-0.1, -0.05) is 23.2 Å². The number of sulfonamides is 1. The van der Waals surface area contributed by atoms with Crippen molar-refractivity contribution in [2.45, 2.75) is 11.1 Å². The maximum Gasteiger partial charge on any atom is 0.416 e. The summed E-state index contributed by atoms with van der Waals surface area (Å²) in [6, 6.07) is 2.20. The SMILES string of the molecule is COC(=O)c1sccc1NS(=O)(=O)c1c(Cl)cc(C(F)(F)F)cc1Cl. The standard InChI is InChI=1S/C13H8Cl2F3NO4S2/c1-23-12(20)10-9(2-3-24-10)19-25(21,22)11-7(14)4-6(5-8(11)15)13(16,17)18/h2-5,19H,1H3. The van der Waals surface area contributed by atoms with Gasteiger partial charge in [-0.2, -0.15) is 13.2 Å². The topological polar surface area (TPSA) is 72.5 Å². The summed E-state index contributed by atoms with van der Waals surface area (Å²) in [5.74, 6) is -0.780. The van der Waals surface area contributed by atoms with Gasteiger partial charge in [-0.15, -0.1) is 11.3 Å². The molecule has 1 aromatic heterocycles. The van der Waals surface area contributed by atoms with Crippen molar-refractivity contribution in [3.63, 3.8) is 0 Å². The Balaban J connectivity index is 2.48. The zero-order chi connectivity index (χ0) is 19.0. The van der Waals surface area contributed by atoms with Crippen molar-refractivity contribution in [2.24, 2.45) is 0 Å². The van der Waals surface area contributed by atoms with E-state index in [1.54, 1.807) is 0 Å². The quantitative estimate of drug-likeness (QED) is 0.711. The molecule has 2 aromatic rings. The van der Waals surface area contributed by atoms with Gasteiger partial charge in [-0.25, -0.2) is 13.2 Å². The van der Waals surface area contributed by atoms with E-state index in [9.17, 15) is 26.4 Å². The summed E-state index contributed by atoms with van der Waals surface area (Å²) >= 11 is 12.3. The van der Waals surface area contributed by atoms with Gasteiger partial charge in [0.15, 0.2) is 0 Å². The summed E-state index contributed by atoms with van der Waals surface area (Å²) in [5.41, 5.74) is -1.30. The van der Waals surface area contributed by atoms with Gasteiger partial charge < -0.3 is 4.74 Å². The van der Waals surface area contributed by atoms with E-state index in [4.69, 9.17) is 23.2 Å². The van der Waals surface area contributed by atoms with Gasteiger partial charge in [0.2, 0.25) is 0 Å². The van der Waals surface area contributed by atoms with Crippen molar-refractivity contribution in [2.75, 3.05) is 11.8 Å². The second-order valence-corrected chi connectivity index (χ2v) is 7.88. The number of hydrogen-bond donors (Lipinski definition) is 1. The molecule has 25 heavy (non-hydrogen) atoms. The average Bonchev–Trinajstić information content (AvgIpc) is 2.91. The molecule has 0 unspecified atom stereocenters. The van der Waals surface area contributed by atoms with Gasteiger partial charge in [-0.3, -0.25) is 4.72 Å². The van der Waals surface area contributed by atoms with Crippen LogP contribution < -0.4 is 4.72 Å². The number of hydrogen-bond acceptors (Lipinski definition) is 5. The molecule has 0 amide bonds. The molecule has 5 nitrogen and oxygen atoms in total. The second-order valence-electron chi connectivity index (χ2n) is 4.53. The number of rotatable bonds is 4. The van der Waals surface area contributed by atoms with Gasteiger partial charge in [0.05, 0.1) is 28.4 Å². The van der Waals surface area contributed by atoms with Crippen LogP contribution in [0.3, 0.4) is 0 Å². The Hall–Kier alpha value is -1.49. The van der Waals surface area contributed by atoms with Crippen LogP contribution in [0.25, 0.3) is 0 Å². The first-order valence-electron chi connectivity index (χ1n) is 6.22. The largest absolute Gasteiger partial charge is 0.465 e. The highest BCUT2D eigenvalue weighted by atomic mass is 35.5. The zero-order valence-corrected chi connectivity index (χ0v) is 15.3. The summed E-state index contributed by atoms with van der Waals surface area (Å²) < 4.78 is 69.7. The molecule has 0 radical (unpaired) electrons. The molecule has 0 aliphatic rings. The summed E-state index contributed by atoms with van der Waals surface area (Å²) in [6.07, 6.45) is -4.74. The number of halogens is 5. The Kier molecular flexibility index (Phi) is 5.57. The van der Waals surface area contributed by atoms with E-state index in [0.29, 0.717) is 12.1 Å². The number of anilines is 1. The minimum Gasteiger partial charge on any atom is -0.465 e. The first kappa shape index (κ1) is 19.8. The number of nitrogens with one attached hydrogen (secondary N) is 1. The van der Waals surface area contributed by atoms with Crippen LogP contribution in [0.2, 0.25) is 10.0 Å². The lowest BCUT2D eigenvalue weighted by Gasteiger charge is -2.14. The number of carbonyl (C=O) groups excluding carboxylic acids is 1. The molecule has 1 aromatic carbocycles. The zero-order valence-electron chi connectivity index (χ0n) is 12.1. The Morgan fingerprint density at radius 2 is 1.80 bits per heavy atom. The maximum atomic E-state index is 12.7. The smallest absolute Gasteiger partial charge is 0.416 e. The predicted octanol–water partition coefficient (Wildman–Crippen LogP) is 4.66. The van der Waals surface area contributed by atoms with Crippen LogP contribution in [0.4, 0.5) is 18.9 Å². The summed E-state index contributed by atoms with van der Waals surface area (Å²) in [7, 11) is -3.34. The molecule has 0 aliphatic heterocycles. The molecule has 0 aliphatic carbocycles. The molecular weight excluding hydrogens is 426 g/mol. The highest BCUT2D eigenvalue weighted by Gasteiger charge is 2.34. The first-order chi connectivity index (χ1) is 11.5. The number of ether oxygens (including phenoxy) is 1. The molecule has 0 saturated carbocycles. The number of esters is 1. The van der Waals surface area contributed by atoms with E-state index in [2.05, 4.69) is 9.46 Å². The van der Waals surface area contributed by atoms with Gasteiger partial charge in [0.25, 0.3) is 10.0 Å².